The summed E-state index contributed by atoms with van der Waals surface area (Å²) in [4.78, 5) is 31.0. The summed E-state index contributed by atoms with van der Waals surface area (Å²) >= 11 is 0. The number of hydrogen-bond acceptors (Lipinski definition) is 3. The van der Waals surface area contributed by atoms with Gasteiger partial charge >= 0.3 is 5.97 Å². The Kier molecular flexibility index (Phi) is 3.23. The molecular formula is C6H9NO4. The summed E-state index contributed by atoms with van der Waals surface area (Å²) in [6, 6.07) is -1.02. The van der Waals surface area contributed by atoms with Crippen LogP contribution in [-0.2, 0) is 14.4 Å². The molecule has 0 bridgehead atoms. The summed E-state index contributed by atoms with van der Waals surface area (Å²) in [6.07, 6.45) is 0. The van der Waals surface area contributed by atoms with Gasteiger partial charge in [-0.05, 0) is 6.92 Å². The van der Waals surface area contributed by atoms with Gasteiger partial charge in [-0.25, -0.2) is 0 Å². The molecule has 0 aliphatic heterocycles. The molecule has 1 amide bonds. The number of aliphatic carboxylic acids is 1. The lowest BCUT2D eigenvalue weighted by atomic mass is 10.3. The molecule has 0 aliphatic carbocycles. The molecule has 0 fully saturated rings. The summed E-state index contributed by atoms with van der Waals surface area (Å²) in [5.41, 5.74) is 0. The average Bonchev–Trinajstić information content (AvgIpc) is 1.87. The van der Waals surface area contributed by atoms with E-state index < -0.39 is 23.7 Å². The summed E-state index contributed by atoms with van der Waals surface area (Å²) in [6.45, 7) is 2.35. The van der Waals surface area contributed by atoms with Gasteiger partial charge in [-0.15, -0.1) is 0 Å². The molecule has 2 N–H and O–H groups in total. The minimum absolute atomic E-state index is 0.696. The molecule has 0 spiro atoms. The van der Waals surface area contributed by atoms with Crippen LogP contribution in [0.1, 0.15) is 13.8 Å². The molecule has 0 heterocycles. The number of ketones is 1. The molecule has 0 aromatic heterocycles. The van der Waals surface area contributed by atoms with E-state index in [9.17, 15) is 14.4 Å². The van der Waals surface area contributed by atoms with E-state index in [0.717, 1.165) is 6.92 Å². The molecule has 11 heavy (non-hydrogen) atoms. The van der Waals surface area contributed by atoms with E-state index in [4.69, 9.17) is 5.11 Å². The fraction of sp³-hybridized carbons (Fsp3) is 0.500. The molecule has 0 unspecified atom stereocenters. The number of amides is 1. The normalized spacial score (nSPS) is 11.8. The molecule has 0 aromatic rings. The highest BCUT2D eigenvalue weighted by Crippen LogP contribution is 1.81. The molecule has 5 heteroatoms. The summed E-state index contributed by atoms with van der Waals surface area (Å²) in [5, 5.41) is 10.3. The third kappa shape index (κ3) is 3.34. The predicted molar refractivity (Wildman–Crippen MR) is 35.9 cm³/mol. The van der Waals surface area contributed by atoms with Crippen LogP contribution >= 0.6 is 0 Å². The molecular weight excluding hydrogens is 150 g/mol. The van der Waals surface area contributed by atoms with Gasteiger partial charge < -0.3 is 10.4 Å². The van der Waals surface area contributed by atoms with Crippen molar-refractivity contribution >= 4 is 17.7 Å². The monoisotopic (exact) mass is 159 g/mol. The summed E-state index contributed by atoms with van der Waals surface area (Å²) < 4.78 is 0. The van der Waals surface area contributed by atoms with Gasteiger partial charge in [0.05, 0.1) is 0 Å². The molecule has 5 nitrogen and oxygen atoms in total. The SMILES string of the molecule is CC(=O)C(=O)N[C@@H](C)C(=O)O. The second-order valence-corrected chi connectivity index (χ2v) is 2.09. The summed E-state index contributed by atoms with van der Waals surface area (Å²) in [7, 11) is 0. The van der Waals surface area contributed by atoms with Gasteiger partial charge in [0.15, 0.2) is 0 Å². The molecule has 0 rings (SSSR count). The predicted octanol–water partition coefficient (Wildman–Crippen LogP) is -0.835. The molecule has 0 radical (unpaired) electrons. The lowest BCUT2D eigenvalue weighted by Gasteiger charge is -2.05. The standard InChI is InChI=1S/C6H9NO4/c1-3(6(10)11)7-5(9)4(2)8/h3H,1-2H3,(H,7,9)(H,10,11)/t3-/m0/s1. The maximum absolute atomic E-state index is 10.5. The molecule has 1 atom stereocenters. The largest absolute Gasteiger partial charge is 0.480 e. The topological polar surface area (TPSA) is 83.5 Å². The number of nitrogens with one attached hydrogen (secondary N) is 1. The van der Waals surface area contributed by atoms with Crippen LogP contribution < -0.4 is 5.32 Å². The first kappa shape index (κ1) is 9.61. The minimum Gasteiger partial charge on any atom is -0.480 e. The van der Waals surface area contributed by atoms with Crippen molar-refractivity contribution in [3.8, 4) is 0 Å². The van der Waals surface area contributed by atoms with Gasteiger partial charge in [0, 0.05) is 6.92 Å². The first-order valence-electron chi connectivity index (χ1n) is 2.99. The lowest BCUT2D eigenvalue weighted by Crippen LogP contribution is -2.41. The summed E-state index contributed by atoms with van der Waals surface area (Å²) in [5.74, 6) is -2.74. The quantitative estimate of drug-likeness (QED) is 0.526. The lowest BCUT2D eigenvalue weighted by molar-refractivity contribution is -0.143. The number of carbonyl (C=O) groups is 3. The number of rotatable bonds is 3. The number of carbonyl (C=O) groups excluding carboxylic acids is 2. The van der Waals surface area contributed by atoms with Crippen molar-refractivity contribution in [1.82, 2.24) is 5.32 Å². The van der Waals surface area contributed by atoms with Gasteiger partial charge in [-0.1, -0.05) is 0 Å². The first-order valence-corrected chi connectivity index (χ1v) is 2.99. The highest BCUT2D eigenvalue weighted by molar-refractivity contribution is 6.35. The second kappa shape index (κ2) is 3.70. The van der Waals surface area contributed by atoms with Crippen molar-refractivity contribution in [2.75, 3.05) is 0 Å². The van der Waals surface area contributed by atoms with E-state index in [1.807, 2.05) is 5.32 Å². The van der Waals surface area contributed by atoms with E-state index in [1.165, 1.54) is 6.92 Å². The van der Waals surface area contributed by atoms with Crippen LogP contribution in [0.5, 0.6) is 0 Å². The molecule has 62 valence electrons. The van der Waals surface area contributed by atoms with E-state index in [-0.39, 0.29) is 0 Å². The van der Waals surface area contributed by atoms with Crippen molar-refractivity contribution in [3.05, 3.63) is 0 Å². The number of carboxylic acid groups (broad SMARTS) is 1. The molecule has 0 saturated heterocycles. The van der Waals surface area contributed by atoms with Crippen LogP contribution in [0, 0.1) is 0 Å². The molecule has 0 saturated carbocycles. The van der Waals surface area contributed by atoms with Crippen LogP contribution in [0.2, 0.25) is 0 Å². The van der Waals surface area contributed by atoms with Crippen molar-refractivity contribution < 1.29 is 19.5 Å². The van der Waals surface area contributed by atoms with E-state index in [2.05, 4.69) is 0 Å². The van der Waals surface area contributed by atoms with E-state index >= 15 is 0 Å². The molecule has 0 aliphatic rings. The van der Waals surface area contributed by atoms with E-state index in [1.54, 1.807) is 0 Å². The Hall–Kier alpha value is -1.39. The Bertz CT molecular complexity index is 199. The number of carboxylic acids is 1. The maximum Gasteiger partial charge on any atom is 0.325 e. The van der Waals surface area contributed by atoms with Gasteiger partial charge in [0.25, 0.3) is 5.91 Å². The van der Waals surface area contributed by atoms with Gasteiger partial charge in [0.1, 0.15) is 6.04 Å². The van der Waals surface area contributed by atoms with Gasteiger partial charge in [-0.2, -0.15) is 0 Å². The zero-order valence-electron chi connectivity index (χ0n) is 6.25. The zero-order chi connectivity index (χ0) is 9.02. The fourth-order valence-corrected chi connectivity index (χ4v) is 0.360. The minimum atomic E-state index is -1.17. The van der Waals surface area contributed by atoms with Crippen LogP contribution in [-0.4, -0.2) is 28.8 Å². The van der Waals surface area contributed by atoms with Crippen molar-refractivity contribution in [1.29, 1.82) is 0 Å². The van der Waals surface area contributed by atoms with Crippen LogP contribution in [0.15, 0.2) is 0 Å². The Morgan fingerprint density at radius 2 is 1.82 bits per heavy atom. The van der Waals surface area contributed by atoms with Crippen LogP contribution in [0.4, 0.5) is 0 Å². The second-order valence-electron chi connectivity index (χ2n) is 2.09. The number of hydrogen-bond donors (Lipinski definition) is 2. The molecule has 0 aromatic carbocycles. The Balaban J connectivity index is 3.95. The van der Waals surface area contributed by atoms with Crippen LogP contribution in [0.3, 0.4) is 0 Å². The maximum atomic E-state index is 10.5. The third-order valence-corrected chi connectivity index (χ3v) is 1.04. The van der Waals surface area contributed by atoms with Crippen molar-refractivity contribution in [2.45, 2.75) is 19.9 Å². The van der Waals surface area contributed by atoms with E-state index in [0.29, 0.717) is 0 Å². The van der Waals surface area contributed by atoms with Crippen LogP contribution in [0.25, 0.3) is 0 Å². The van der Waals surface area contributed by atoms with Gasteiger partial charge in [0.2, 0.25) is 5.78 Å². The average molecular weight is 159 g/mol. The third-order valence-electron chi connectivity index (χ3n) is 1.04. The highest BCUT2D eigenvalue weighted by Gasteiger charge is 2.15. The fourth-order valence-electron chi connectivity index (χ4n) is 0.360. The van der Waals surface area contributed by atoms with Crippen molar-refractivity contribution in [2.24, 2.45) is 0 Å². The first-order chi connectivity index (χ1) is 4.95. The Labute approximate surface area is 63.4 Å². The smallest absolute Gasteiger partial charge is 0.325 e. The Morgan fingerprint density at radius 1 is 1.36 bits per heavy atom. The zero-order valence-corrected chi connectivity index (χ0v) is 6.25. The van der Waals surface area contributed by atoms with Gasteiger partial charge in [-0.3, -0.25) is 14.4 Å². The number of Topliss-reactive ketones (excluding diaryl/α,β-unsaturated/α-hetero) is 1. The Morgan fingerprint density at radius 3 is 2.09 bits per heavy atom. The highest BCUT2D eigenvalue weighted by atomic mass is 16.4. The van der Waals surface area contributed by atoms with Crippen molar-refractivity contribution in [3.63, 3.8) is 0 Å².